The van der Waals surface area contributed by atoms with E-state index in [4.69, 9.17) is 0 Å². The van der Waals surface area contributed by atoms with Crippen molar-refractivity contribution in [2.75, 3.05) is 6.54 Å². The van der Waals surface area contributed by atoms with Gasteiger partial charge in [0.05, 0.1) is 18.1 Å². The van der Waals surface area contributed by atoms with Crippen molar-refractivity contribution in [3.8, 4) is 11.1 Å². The fourth-order valence-electron chi connectivity index (χ4n) is 2.92. The minimum Gasteiger partial charge on any atom is -0.387 e. The quantitative estimate of drug-likeness (QED) is 0.628. The van der Waals surface area contributed by atoms with Gasteiger partial charge in [-0.15, -0.1) is 0 Å². The van der Waals surface area contributed by atoms with Crippen LogP contribution in [0.3, 0.4) is 0 Å². The van der Waals surface area contributed by atoms with Crippen molar-refractivity contribution in [2.45, 2.75) is 18.7 Å². The Morgan fingerprint density at radius 3 is 2.03 bits per heavy atom. The zero-order valence-corrected chi connectivity index (χ0v) is 15.5. The maximum absolute atomic E-state index is 12.6. The average Bonchev–Trinajstić information content (AvgIpc) is 2.73. The second kappa shape index (κ2) is 8.92. The van der Waals surface area contributed by atoms with Crippen LogP contribution in [-0.4, -0.2) is 17.6 Å². The number of nitrogens with one attached hydrogen (secondary N) is 1. The summed E-state index contributed by atoms with van der Waals surface area (Å²) >= 11 is 0. The highest BCUT2D eigenvalue weighted by Crippen LogP contribution is 2.29. The summed E-state index contributed by atoms with van der Waals surface area (Å²) in [5.74, 6) is -0.275. The molecule has 0 saturated carbocycles. The molecule has 3 nitrogen and oxygen atoms in total. The standard InChI is InChI=1S/C23H20F3NO2/c24-23(25,26)20-12-10-19(11-13-20)21(28)15-27-22(29)14-16-6-8-18(9-7-16)17-4-2-1-3-5-17/h1-13,21,28H,14-15H2,(H,27,29). The molecule has 0 aliphatic heterocycles. The molecule has 1 atom stereocenters. The topological polar surface area (TPSA) is 49.3 Å². The molecule has 0 spiro atoms. The summed E-state index contributed by atoms with van der Waals surface area (Å²) in [6.45, 7) is -0.0771. The molecule has 0 radical (unpaired) electrons. The van der Waals surface area contributed by atoms with Gasteiger partial charge >= 0.3 is 6.18 Å². The zero-order chi connectivity index (χ0) is 20.9. The molecule has 6 heteroatoms. The van der Waals surface area contributed by atoms with Crippen molar-refractivity contribution in [2.24, 2.45) is 0 Å². The van der Waals surface area contributed by atoms with Gasteiger partial charge in [0.2, 0.25) is 5.91 Å². The van der Waals surface area contributed by atoms with Gasteiger partial charge in [-0.25, -0.2) is 0 Å². The van der Waals surface area contributed by atoms with Crippen LogP contribution in [0.2, 0.25) is 0 Å². The highest BCUT2D eigenvalue weighted by molar-refractivity contribution is 5.79. The third-order valence-corrected chi connectivity index (χ3v) is 4.54. The molecule has 0 bridgehead atoms. The Kier molecular flexibility index (Phi) is 6.34. The zero-order valence-electron chi connectivity index (χ0n) is 15.5. The summed E-state index contributed by atoms with van der Waals surface area (Å²) in [5, 5.41) is 12.7. The summed E-state index contributed by atoms with van der Waals surface area (Å²) in [5.41, 5.74) is 2.49. The van der Waals surface area contributed by atoms with Gasteiger partial charge in [0, 0.05) is 6.54 Å². The summed E-state index contributed by atoms with van der Waals surface area (Å²) in [6, 6.07) is 21.7. The molecular weight excluding hydrogens is 379 g/mol. The summed E-state index contributed by atoms with van der Waals surface area (Å²) in [4.78, 5) is 12.1. The lowest BCUT2D eigenvalue weighted by atomic mass is 10.0. The number of carbonyl (C=O) groups is 1. The van der Waals surface area contributed by atoms with Crippen molar-refractivity contribution in [3.63, 3.8) is 0 Å². The van der Waals surface area contributed by atoms with E-state index in [0.717, 1.165) is 28.8 Å². The number of halogens is 3. The highest BCUT2D eigenvalue weighted by atomic mass is 19.4. The van der Waals surface area contributed by atoms with Crippen molar-refractivity contribution in [1.29, 1.82) is 0 Å². The second-order valence-corrected chi connectivity index (χ2v) is 6.68. The number of hydrogen-bond donors (Lipinski definition) is 2. The maximum Gasteiger partial charge on any atom is 0.416 e. The minimum absolute atomic E-state index is 0.0771. The van der Waals surface area contributed by atoms with E-state index in [2.05, 4.69) is 5.32 Å². The first kappa shape index (κ1) is 20.6. The molecule has 0 saturated heterocycles. The van der Waals surface area contributed by atoms with Crippen LogP contribution in [0.5, 0.6) is 0 Å². The van der Waals surface area contributed by atoms with E-state index in [-0.39, 0.29) is 18.9 Å². The molecule has 0 fully saturated rings. The van der Waals surface area contributed by atoms with Crippen LogP contribution in [-0.2, 0) is 17.4 Å². The first-order valence-corrected chi connectivity index (χ1v) is 9.09. The van der Waals surface area contributed by atoms with Gasteiger partial charge in [-0.1, -0.05) is 66.7 Å². The van der Waals surface area contributed by atoms with Gasteiger partial charge in [-0.3, -0.25) is 4.79 Å². The fraction of sp³-hybridized carbons (Fsp3) is 0.174. The van der Waals surface area contributed by atoms with Gasteiger partial charge in [-0.2, -0.15) is 13.2 Å². The van der Waals surface area contributed by atoms with Crippen LogP contribution in [0.1, 0.15) is 22.8 Å². The van der Waals surface area contributed by atoms with Crippen LogP contribution in [0.4, 0.5) is 13.2 Å². The summed E-state index contributed by atoms with van der Waals surface area (Å²) < 4.78 is 37.8. The van der Waals surface area contributed by atoms with E-state index < -0.39 is 17.8 Å². The monoisotopic (exact) mass is 399 g/mol. The molecule has 1 unspecified atom stereocenters. The fourth-order valence-corrected chi connectivity index (χ4v) is 2.92. The Labute approximate surface area is 166 Å². The number of amides is 1. The predicted molar refractivity (Wildman–Crippen MR) is 105 cm³/mol. The number of hydrogen-bond acceptors (Lipinski definition) is 2. The Morgan fingerprint density at radius 2 is 1.45 bits per heavy atom. The molecule has 0 aliphatic carbocycles. The van der Waals surface area contributed by atoms with Crippen molar-refractivity contribution >= 4 is 5.91 Å². The lowest BCUT2D eigenvalue weighted by molar-refractivity contribution is -0.137. The van der Waals surface area contributed by atoms with E-state index in [1.165, 1.54) is 12.1 Å². The molecule has 0 aromatic heterocycles. The Balaban J connectivity index is 1.52. The first-order chi connectivity index (χ1) is 13.8. The minimum atomic E-state index is -4.42. The highest BCUT2D eigenvalue weighted by Gasteiger charge is 2.30. The summed E-state index contributed by atoms with van der Waals surface area (Å²) in [6.07, 6.45) is -5.36. The van der Waals surface area contributed by atoms with E-state index >= 15 is 0 Å². The molecule has 0 heterocycles. The smallest absolute Gasteiger partial charge is 0.387 e. The first-order valence-electron chi connectivity index (χ1n) is 9.09. The van der Waals surface area contributed by atoms with E-state index in [9.17, 15) is 23.1 Å². The van der Waals surface area contributed by atoms with Gasteiger partial charge in [0.25, 0.3) is 0 Å². The normalized spacial score (nSPS) is 12.4. The Morgan fingerprint density at radius 1 is 0.862 bits per heavy atom. The second-order valence-electron chi connectivity index (χ2n) is 6.68. The molecule has 3 aromatic carbocycles. The van der Waals surface area contributed by atoms with Crippen molar-refractivity contribution in [1.82, 2.24) is 5.32 Å². The third-order valence-electron chi connectivity index (χ3n) is 4.54. The van der Waals surface area contributed by atoms with Crippen LogP contribution in [0.15, 0.2) is 78.9 Å². The van der Waals surface area contributed by atoms with Gasteiger partial charge < -0.3 is 10.4 Å². The van der Waals surface area contributed by atoms with Gasteiger partial charge in [-0.05, 0) is 34.4 Å². The Bertz CT molecular complexity index is 937. The number of alkyl halides is 3. The van der Waals surface area contributed by atoms with Crippen molar-refractivity contribution < 1.29 is 23.1 Å². The molecule has 1 amide bonds. The van der Waals surface area contributed by atoms with E-state index in [0.29, 0.717) is 5.56 Å². The molecule has 29 heavy (non-hydrogen) atoms. The number of aliphatic hydroxyl groups is 1. The number of rotatable bonds is 6. The molecule has 3 rings (SSSR count). The molecular formula is C23H20F3NO2. The van der Waals surface area contributed by atoms with Crippen molar-refractivity contribution in [3.05, 3.63) is 95.6 Å². The van der Waals surface area contributed by atoms with Crippen LogP contribution in [0.25, 0.3) is 11.1 Å². The van der Waals surface area contributed by atoms with E-state index in [1.54, 1.807) is 0 Å². The van der Waals surface area contributed by atoms with Crippen LogP contribution >= 0.6 is 0 Å². The molecule has 2 N–H and O–H groups in total. The predicted octanol–water partition coefficient (Wildman–Crippen LogP) is 4.76. The molecule has 3 aromatic rings. The Hall–Kier alpha value is -3.12. The van der Waals surface area contributed by atoms with Gasteiger partial charge in [0.15, 0.2) is 0 Å². The lowest BCUT2D eigenvalue weighted by Gasteiger charge is -2.14. The van der Waals surface area contributed by atoms with Crippen LogP contribution < -0.4 is 5.32 Å². The lowest BCUT2D eigenvalue weighted by Crippen LogP contribution is -2.29. The van der Waals surface area contributed by atoms with Crippen LogP contribution in [0, 0.1) is 0 Å². The van der Waals surface area contributed by atoms with E-state index in [1.807, 2.05) is 54.6 Å². The maximum atomic E-state index is 12.6. The third kappa shape index (κ3) is 5.68. The summed E-state index contributed by atoms with van der Waals surface area (Å²) in [7, 11) is 0. The number of aliphatic hydroxyl groups excluding tert-OH is 1. The average molecular weight is 399 g/mol. The molecule has 150 valence electrons. The SMILES string of the molecule is O=C(Cc1ccc(-c2ccccc2)cc1)NCC(O)c1ccc(C(F)(F)F)cc1. The largest absolute Gasteiger partial charge is 0.416 e. The number of benzene rings is 3. The number of carbonyl (C=O) groups excluding carboxylic acids is 1. The molecule has 0 aliphatic rings. The van der Waals surface area contributed by atoms with Gasteiger partial charge in [0.1, 0.15) is 0 Å².